The second-order valence-electron chi connectivity index (χ2n) is 3.38. The summed E-state index contributed by atoms with van der Waals surface area (Å²) in [6.45, 7) is 0. The van der Waals surface area contributed by atoms with E-state index in [4.69, 9.17) is 0 Å². The van der Waals surface area contributed by atoms with E-state index in [1.807, 2.05) is 24.3 Å². The number of halogens is 1. The molecule has 0 unspecified atom stereocenters. The Morgan fingerprint density at radius 3 is 2.78 bits per heavy atom. The lowest BCUT2D eigenvalue weighted by Crippen LogP contribution is -2.14. The first-order valence-corrected chi connectivity index (χ1v) is 6.97. The van der Waals surface area contributed by atoms with Crippen LogP contribution in [-0.2, 0) is 4.79 Å². The van der Waals surface area contributed by atoms with Gasteiger partial charge in [0.05, 0.1) is 5.75 Å². The summed E-state index contributed by atoms with van der Waals surface area (Å²) in [5.41, 5.74) is 0.768. The molecule has 0 saturated heterocycles. The molecule has 0 radical (unpaired) electrons. The van der Waals surface area contributed by atoms with Crippen molar-refractivity contribution in [1.29, 1.82) is 0 Å². The molecule has 6 heteroatoms. The van der Waals surface area contributed by atoms with Crippen molar-refractivity contribution >= 4 is 39.3 Å². The predicted octanol–water partition coefficient (Wildman–Crippen LogP) is 2.97. The van der Waals surface area contributed by atoms with Crippen molar-refractivity contribution in [3.05, 3.63) is 47.2 Å². The fourth-order valence-electron chi connectivity index (χ4n) is 1.25. The zero-order valence-electron chi connectivity index (χ0n) is 9.34. The topological polar surface area (TPSA) is 54.9 Å². The molecule has 2 aromatic rings. The van der Waals surface area contributed by atoms with E-state index in [9.17, 15) is 4.79 Å². The summed E-state index contributed by atoms with van der Waals surface area (Å²) in [6.07, 6.45) is 3.31. The van der Waals surface area contributed by atoms with Gasteiger partial charge in [0.15, 0.2) is 5.16 Å². The van der Waals surface area contributed by atoms with Gasteiger partial charge in [-0.1, -0.05) is 33.8 Å². The van der Waals surface area contributed by atoms with E-state index in [2.05, 4.69) is 31.2 Å². The van der Waals surface area contributed by atoms with Gasteiger partial charge in [0, 0.05) is 22.6 Å². The van der Waals surface area contributed by atoms with E-state index in [1.54, 1.807) is 18.5 Å². The number of benzene rings is 1. The molecule has 0 saturated carbocycles. The summed E-state index contributed by atoms with van der Waals surface area (Å²) < 4.78 is 0.930. The molecule has 4 nitrogen and oxygen atoms in total. The molecule has 0 aliphatic carbocycles. The van der Waals surface area contributed by atoms with Gasteiger partial charge in [0.2, 0.25) is 5.91 Å². The SMILES string of the molecule is O=C(CSc1ncccn1)Nc1cccc(Br)c1. The van der Waals surface area contributed by atoms with Crippen molar-refractivity contribution in [2.24, 2.45) is 0 Å². The van der Waals surface area contributed by atoms with Crippen LogP contribution in [0.2, 0.25) is 0 Å². The lowest BCUT2D eigenvalue weighted by atomic mass is 10.3. The van der Waals surface area contributed by atoms with Crippen molar-refractivity contribution in [3.63, 3.8) is 0 Å². The molecule has 0 atom stereocenters. The number of thioether (sulfide) groups is 1. The average molecular weight is 324 g/mol. The highest BCUT2D eigenvalue weighted by atomic mass is 79.9. The zero-order chi connectivity index (χ0) is 12.8. The Hall–Kier alpha value is -1.40. The number of nitrogens with zero attached hydrogens (tertiary/aromatic N) is 2. The normalized spacial score (nSPS) is 10.1. The van der Waals surface area contributed by atoms with Gasteiger partial charge in [0.25, 0.3) is 0 Å². The van der Waals surface area contributed by atoms with Crippen LogP contribution in [-0.4, -0.2) is 21.6 Å². The summed E-state index contributed by atoms with van der Waals surface area (Å²) in [7, 11) is 0. The van der Waals surface area contributed by atoms with Gasteiger partial charge < -0.3 is 5.32 Å². The van der Waals surface area contributed by atoms with E-state index in [0.29, 0.717) is 5.16 Å². The Bertz CT molecular complexity index is 536. The van der Waals surface area contributed by atoms with E-state index in [0.717, 1.165) is 10.2 Å². The maximum Gasteiger partial charge on any atom is 0.234 e. The van der Waals surface area contributed by atoms with Crippen LogP contribution in [0.1, 0.15) is 0 Å². The molecule has 1 N–H and O–H groups in total. The van der Waals surface area contributed by atoms with Gasteiger partial charge in [-0.25, -0.2) is 9.97 Å². The molecule has 18 heavy (non-hydrogen) atoms. The molecule has 92 valence electrons. The van der Waals surface area contributed by atoms with Crippen LogP contribution in [0, 0.1) is 0 Å². The van der Waals surface area contributed by atoms with E-state index in [1.165, 1.54) is 11.8 Å². The van der Waals surface area contributed by atoms with Crippen molar-refractivity contribution < 1.29 is 4.79 Å². The Labute approximate surface area is 117 Å². The maximum absolute atomic E-state index is 11.7. The minimum absolute atomic E-state index is 0.0782. The zero-order valence-corrected chi connectivity index (χ0v) is 11.7. The highest BCUT2D eigenvalue weighted by Crippen LogP contribution is 2.16. The first-order chi connectivity index (χ1) is 8.74. The lowest BCUT2D eigenvalue weighted by Gasteiger charge is -2.04. The van der Waals surface area contributed by atoms with Crippen molar-refractivity contribution in [3.8, 4) is 0 Å². The minimum Gasteiger partial charge on any atom is -0.325 e. The van der Waals surface area contributed by atoms with Crippen LogP contribution < -0.4 is 5.32 Å². The molecule has 1 amide bonds. The van der Waals surface area contributed by atoms with Gasteiger partial charge in [-0.3, -0.25) is 4.79 Å². The number of carbonyl (C=O) groups excluding carboxylic acids is 1. The third kappa shape index (κ3) is 4.12. The van der Waals surface area contributed by atoms with Gasteiger partial charge >= 0.3 is 0 Å². The number of aromatic nitrogens is 2. The van der Waals surface area contributed by atoms with Crippen LogP contribution in [0.25, 0.3) is 0 Å². The van der Waals surface area contributed by atoms with Crippen molar-refractivity contribution in [2.75, 3.05) is 11.1 Å². The summed E-state index contributed by atoms with van der Waals surface area (Å²) in [4.78, 5) is 19.8. The second-order valence-corrected chi connectivity index (χ2v) is 5.24. The molecule has 2 rings (SSSR count). The Morgan fingerprint density at radius 2 is 2.06 bits per heavy atom. The Morgan fingerprint density at radius 1 is 1.28 bits per heavy atom. The Kier molecular flexibility index (Phi) is 4.72. The third-order valence-corrected chi connectivity index (χ3v) is 3.35. The number of hydrogen-bond acceptors (Lipinski definition) is 4. The van der Waals surface area contributed by atoms with Gasteiger partial charge in [-0.05, 0) is 24.3 Å². The van der Waals surface area contributed by atoms with Crippen LogP contribution in [0.4, 0.5) is 5.69 Å². The van der Waals surface area contributed by atoms with Crippen LogP contribution >= 0.6 is 27.7 Å². The third-order valence-electron chi connectivity index (χ3n) is 1.98. The maximum atomic E-state index is 11.7. The van der Waals surface area contributed by atoms with Crippen molar-refractivity contribution in [1.82, 2.24) is 9.97 Å². The molecular weight excluding hydrogens is 314 g/mol. The highest BCUT2D eigenvalue weighted by Gasteiger charge is 2.05. The summed E-state index contributed by atoms with van der Waals surface area (Å²) in [5, 5.41) is 3.41. The molecule has 1 aromatic carbocycles. The van der Waals surface area contributed by atoms with E-state index in [-0.39, 0.29) is 11.7 Å². The molecule has 1 aromatic heterocycles. The molecule has 0 aliphatic heterocycles. The summed E-state index contributed by atoms with van der Waals surface area (Å²) in [5.74, 6) is 0.210. The minimum atomic E-state index is -0.0782. The van der Waals surface area contributed by atoms with E-state index >= 15 is 0 Å². The second kappa shape index (κ2) is 6.51. The number of hydrogen-bond donors (Lipinski definition) is 1. The summed E-state index contributed by atoms with van der Waals surface area (Å²) in [6, 6.07) is 9.20. The largest absolute Gasteiger partial charge is 0.325 e. The van der Waals surface area contributed by atoms with E-state index < -0.39 is 0 Å². The molecular formula is C12H10BrN3OS. The number of carbonyl (C=O) groups is 1. The molecule has 0 aliphatic rings. The standard InChI is InChI=1S/C12H10BrN3OS/c13-9-3-1-4-10(7-9)16-11(17)8-18-12-14-5-2-6-15-12/h1-7H,8H2,(H,16,17). The Balaban J connectivity index is 1.86. The van der Waals surface area contributed by atoms with Crippen LogP contribution in [0.5, 0.6) is 0 Å². The fourth-order valence-corrected chi connectivity index (χ4v) is 2.26. The van der Waals surface area contributed by atoms with Gasteiger partial charge in [-0.15, -0.1) is 0 Å². The van der Waals surface area contributed by atoms with Gasteiger partial charge in [-0.2, -0.15) is 0 Å². The quantitative estimate of drug-likeness (QED) is 0.694. The first kappa shape index (κ1) is 13.0. The average Bonchev–Trinajstić information content (AvgIpc) is 2.38. The predicted molar refractivity (Wildman–Crippen MR) is 75.5 cm³/mol. The van der Waals surface area contributed by atoms with Crippen LogP contribution in [0.3, 0.4) is 0 Å². The molecule has 0 spiro atoms. The lowest BCUT2D eigenvalue weighted by molar-refractivity contribution is -0.113. The number of amides is 1. The fraction of sp³-hybridized carbons (Fsp3) is 0.0833. The first-order valence-electron chi connectivity index (χ1n) is 5.19. The smallest absolute Gasteiger partial charge is 0.234 e. The highest BCUT2D eigenvalue weighted by molar-refractivity contribution is 9.10. The molecule has 1 heterocycles. The van der Waals surface area contributed by atoms with Crippen molar-refractivity contribution in [2.45, 2.75) is 5.16 Å². The number of nitrogens with one attached hydrogen (secondary N) is 1. The monoisotopic (exact) mass is 323 g/mol. The molecule has 0 fully saturated rings. The van der Waals surface area contributed by atoms with Crippen LogP contribution in [0.15, 0.2) is 52.4 Å². The summed E-state index contributed by atoms with van der Waals surface area (Å²) >= 11 is 4.66. The van der Waals surface area contributed by atoms with Gasteiger partial charge in [0.1, 0.15) is 0 Å². The molecule has 0 bridgehead atoms. The number of rotatable bonds is 4. The number of anilines is 1.